The summed E-state index contributed by atoms with van der Waals surface area (Å²) in [5.41, 5.74) is 6.16. The molecule has 2 rings (SSSR count). The molecular formula is C10H10FN3O2S2. The number of aryl methyl sites for hydroxylation is 1. The number of hydrogen-bond acceptors (Lipinski definition) is 5. The molecule has 96 valence electrons. The molecule has 1 aromatic heterocycles. The lowest BCUT2D eigenvalue weighted by Gasteiger charge is -2.06. The highest BCUT2D eigenvalue weighted by molar-refractivity contribution is 7.93. The Kier molecular flexibility index (Phi) is 3.22. The van der Waals surface area contributed by atoms with E-state index in [-0.39, 0.29) is 15.7 Å². The SMILES string of the molecule is Cc1csc(NS(=O)(=O)c2cc(N)cc(F)c2)n1. The zero-order valence-corrected chi connectivity index (χ0v) is 11.0. The van der Waals surface area contributed by atoms with Gasteiger partial charge in [0.15, 0.2) is 5.13 Å². The summed E-state index contributed by atoms with van der Waals surface area (Å²) in [4.78, 5) is 3.74. The van der Waals surface area contributed by atoms with Gasteiger partial charge in [0.1, 0.15) is 5.82 Å². The van der Waals surface area contributed by atoms with Gasteiger partial charge in [-0.1, -0.05) is 0 Å². The van der Waals surface area contributed by atoms with Crippen LogP contribution in [0.4, 0.5) is 15.2 Å². The summed E-state index contributed by atoms with van der Waals surface area (Å²) < 4.78 is 39.3. The predicted octanol–water partition coefficient (Wildman–Crippen LogP) is 1.97. The standard InChI is InChI=1S/C10H10FN3O2S2/c1-6-5-17-10(13-6)14-18(15,16)9-3-7(11)2-8(12)4-9/h2-5H,12H2,1H3,(H,13,14). The smallest absolute Gasteiger partial charge is 0.263 e. The second kappa shape index (κ2) is 4.54. The summed E-state index contributed by atoms with van der Waals surface area (Å²) >= 11 is 1.15. The van der Waals surface area contributed by atoms with Gasteiger partial charge in [-0.25, -0.2) is 17.8 Å². The minimum atomic E-state index is -3.87. The van der Waals surface area contributed by atoms with Gasteiger partial charge in [0.2, 0.25) is 0 Å². The molecule has 18 heavy (non-hydrogen) atoms. The molecular weight excluding hydrogens is 277 g/mol. The fourth-order valence-corrected chi connectivity index (χ4v) is 3.32. The lowest BCUT2D eigenvalue weighted by Crippen LogP contribution is -2.13. The number of nitrogens with one attached hydrogen (secondary N) is 1. The second-order valence-electron chi connectivity index (χ2n) is 3.62. The van der Waals surface area contributed by atoms with E-state index in [0.29, 0.717) is 5.69 Å². The minimum absolute atomic E-state index is 0.0469. The lowest BCUT2D eigenvalue weighted by atomic mass is 10.3. The molecule has 0 aliphatic carbocycles. The van der Waals surface area contributed by atoms with Crippen molar-refractivity contribution < 1.29 is 12.8 Å². The van der Waals surface area contributed by atoms with E-state index in [4.69, 9.17) is 5.73 Å². The number of rotatable bonds is 3. The number of thiazole rings is 1. The van der Waals surface area contributed by atoms with Crippen molar-refractivity contribution in [3.63, 3.8) is 0 Å². The number of halogens is 1. The highest BCUT2D eigenvalue weighted by Crippen LogP contribution is 2.21. The molecule has 0 unspecified atom stereocenters. The van der Waals surface area contributed by atoms with Crippen LogP contribution in [0.2, 0.25) is 0 Å². The normalized spacial score (nSPS) is 11.4. The Morgan fingerprint density at radius 3 is 2.67 bits per heavy atom. The number of sulfonamides is 1. The quantitative estimate of drug-likeness (QED) is 0.845. The highest BCUT2D eigenvalue weighted by Gasteiger charge is 2.17. The first-order valence-electron chi connectivity index (χ1n) is 4.88. The number of anilines is 2. The predicted molar refractivity (Wildman–Crippen MR) is 68.5 cm³/mol. The molecule has 8 heteroatoms. The van der Waals surface area contributed by atoms with Crippen LogP contribution in [0.15, 0.2) is 28.5 Å². The van der Waals surface area contributed by atoms with Crippen LogP contribution in [0.25, 0.3) is 0 Å². The Balaban J connectivity index is 2.36. The van der Waals surface area contributed by atoms with Gasteiger partial charge in [-0.3, -0.25) is 4.72 Å². The Labute approximate surface area is 108 Å². The van der Waals surface area contributed by atoms with Gasteiger partial charge in [-0.05, 0) is 25.1 Å². The summed E-state index contributed by atoms with van der Waals surface area (Å²) in [6.07, 6.45) is 0. The lowest BCUT2D eigenvalue weighted by molar-refractivity contribution is 0.595. The van der Waals surface area contributed by atoms with E-state index in [1.165, 1.54) is 6.07 Å². The van der Waals surface area contributed by atoms with E-state index >= 15 is 0 Å². The monoisotopic (exact) mass is 287 g/mol. The van der Waals surface area contributed by atoms with Crippen LogP contribution < -0.4 is 10.5 Å². The molecule has 0 spiro atoms. The third kappa shape index (κ3) is 2.77. The van der Waals surface area contributed by atoms with Crippen LogP contribution in [-0.2, 0) is 10.0 Å². The van der Waals surface area contributed by atoms with Crippen LogP contribution in [0.5, 0.6) is 0 Å². The van der Waals surface area contributed by atoms with Crippen molar-refractivity contribution in [2.24, 2.45) is 0 Å². The molecule has 5 nitrogen and oxygen atoms in total. The van der Waals surface area contributed by atoms with Crippen LogP contribution in [0.1, 0.15) is 5.69 Å². The van der Waals surface area contributed by atoms with Gasteiger partial charge in [-0.15, -0.1) is 11.3 Å². The second-order valence-corrected chi connectivity index (χ2v) is 6.16. The van der Waals surface area contributed by atoms with E-state index in [0.717, 1.165) is 23.5 Å². The summed E-state index contributed by atoms with van der Waals surface area (Å²) in [5.74, 6) is -0.703. The van der Waals surface area contributed by atoms with E-state index in [9.17, 15) is 12.8 Å². The Hall–Kier alpha value is -1.67. The first-order chi connectivity index (χ1) is 8.37. The number of nitrogens with zero attached hydrogens (tertiary/aromatic N) is 1. The van der Waals surface area contributed by atoms with Gasteiger partial charge in [-0.2, -0.15) is 0 Å². The molecule has 0 amide bonds. The number of nitrogen functional groups attached to an aromatic ring is 1. The molecule has 0 bridgehead atoms. The third-order valence-corrected chi connectivity index (χ3v) is 4.37. The molecule has 1 aromatic carbocycles. The van der Waals surface area contributed by atoms with Gasteiger partial charge < -0.3 is 5.73 Å². The molecule has 0 fully saturated rings. The molecule has 2 aromatic rings. The largest absolute Gasteiger partial charge is 0.399 e. The van der Waals surface area contributed by atoms with Crippen molar-refractivity contribution in [1.82, 2.24) is 4.98 Å². The van der Waals surface area contributed by atoms with Crippen LogP contribution >= 0.6 is 11.3 Å². The van der Waals surface area contributed by atoms with Gasteiger partial charge >= 0.3 is 0 Å². The molecule has 0 saturated carbocycles. The fraction of sp³-hybridized carbons (Fsp3) is 0.100. The molecule has 0 radical (unpaired) electrons. The molecule has 0 saturated heterocycles. The summed E-state index contributed by atoms with van der Waals surface area (Å²) in [6, 6.07) is 3.14. The van der Waals surface area contributed by atoms with Crippen molar-refractivity contribution in [3.8, 4) is 0 Å². The minimum Gasteiger partial charge on any atom is -0.399 e. The molecule has 1 heterocycles. The van der Waals surface area contributed by atoms with Crippen molar-refractivity contribution in [1.29, 1.82) is 0 Å². The Morgan fingerprint density at radius 2 is 2.11 bits per heavy atom. The Morgan fingerprint density at radius 1 is 1.39 bits per heavy atom. The summed E-state index contributed by atoms with van der Waals surface area (Å²) in [7, 11) is -3.87. The van der Waals surface area contributed by atoms with E-state index in [2.05, 4.69) is 9.71 Å². The van der Waals surface area contributed by atoms with E-state index in [1.54, 1.807) is 12.3 Å². The number of benzene rings is 1. The zero-order valence-electron chi connectivity index (χ0n) is 9.34. The van der Waals surface area contributed by atoms with Gasteiger partial charge in [0, 0.05) is 11.1 Å². The van der Waals surface area contributed by atoms with Crippen LogP contribution in [0, 0.1) is 12.7 Å². The molecule has 0 aliphatic rings. The number of hydrogen-bond donors (Lipinski definition) is 2. The Bertz CT molecular complexity index is 662. The maximum Gasteiger partial charge on any atom is 0.263 e. The van der Waals surface area contributed by atoms with Crippen molar-refractivity contribution in [2.75, 3.05) is 10.5 Å². The molecule has 3 N–H and O–H groups in total. The molecule has 0 aliphatic heterocycles. The maximum atomic E-state index is 13.1. The van der Waals surface area contributed by atoms with Crippen molar-refractivity contribution in [3.05, 3.63) is 35.1 Å². The third-order valence-electron chi connectivity index (χ3n) is 2.04. The molecule has 0 atom stereocenters. The average molecular weight is 287 g/mol. The summed E-state index contributed by atoms with van der Waals surface area (Å²) in [6.45, 7) is 1.74. The van der Waals surface area contributed by atoms with E-state index < -0.39 is 15.8 Å². The van der Waals surface area contributed by atoms with Gasteiger partial charge in [0.25, 0.3) is 10.0 Å². The highest BCUT2D eigenvalue weighted by atomic mass is 32.2. The first-order valence-corrected chi connectivity index (χ1v) is 7.24. The van der Waals surface area contributed by atoms with Crippen LogP contribution in [-0.4, -0.2) is 13.4 Å². The average Bonchev–Trinajstić information content (AvgIpc) is 2.61. The summed E-state index contributed by atoms with van der Waals surface area (Å²) in [5, 5.41) is 1.94. The van der Waals surface area contributed by atoms with E-state index in [1.807, 2.05) is 0 Å². The maximum absolute atomic E-state index is 13.1. The number of nitrogens with two attached hydrogens (primary N) is 1. The number of aromatic nitrogens is 1. The van der Waals surface area contributed by atoms with Crippen molar-refractivity contribution >= 4 is 32.2 Å². The van der Waals surface area contributed by atoms with Gasteiger partial charge in [0.05, 0.1) is 10.6 Å². The fourth-order valence-electron chi connectivity index (χ4n) is 1.31. The topological polar surface area (TPSA) is 85.1 Å². The van der Waals surface area contributed by atoms with Crippen molar-refractivity contribution in [2.45, 2.75) is 11.8 Å². The zero-order chi connectivity index (χ0) is 13.3. The first kappa shape index (κ1) is 12.8. The van der Waals surface area contributed by atoms with Crippen LogP contribution in [0.3, 0.4) is 0 Å².